The van der Waals surface area contributed by atoms with Crippen LogP contribution in [0.3, 0.4) is 0 Å². The molecule has 17 heavy (non-hydrogen) atoms. The van der Waals surface area contributed by atoms with E-state index in [1.807, 2.05) is 0 Å². The molecule has 0 amide bonds. The van der Waals surface area contributed by atoms with Gasteiger partial charge in [0, 0.05) is 13.0 Å². The number of hydrogen-bond acceptors (Lipinski definition) is 2. The minimum atomic E-state index is 0.813. The molecule has 0 fully saturated rings. The molecule has 1 aliphatic heterocycles. The van der Waals surface area contributed by atoms with Crippen LogP contribution in [0, 0.1) is 5.92 Å². The van der Waals surface area contributed by atoms with Crippen molar-refractivity contribution < 1.29 is 4.74 Å². The van der Waals surface area contributed by atoms with Crippen LogP contribution in [0.5, 0.6) is 5.75 Å². The van der Waals surface area contributed by atoms with Crippen molar-refractivity contribution in [2.45, 2.75) is 39.7 Å². The molecule has 0 unspecified atom stereocenters. The summed E-state index contributed by atoms with van der Waals surface area (Å²) in [6, 6.07) is 6.56. The maximum atomic E-state index is 5.51. The van der Waals surface area contributed by atoms with Crippen LogP contribution >= 0.6 is 0 Å². The molecule has 94 valence electrons. The lowest BCUT2D eigenvalue weighted by atomic mass is 10.0. The first-order valence-electron chi connectivity index (χ1n) is 6.78. The van der Waals surface area contributed by atoms with E-state index in [-0.39, 0.29) is 0 Å². The van der Waals surface area contributed by atoms with Gasteiger partial charge in [0.05, 0.1) is 6.61 Å². The highest BCUT2D eigenvalue weighted by molar-refractivity contribution is 5.39. The summed E-state index contributed by atoms with van der Waals surface area (Å²) in [4.78, 5) is 0. The van der Waals surface area contributed by atoms with Crippen molar-refractivity contribution in [2.24, 2.45) is 5.92 Å². The van der Waals surface area contributed by atoms with Crippen molar-refractivity contribution in [2.75, 3.05) is 13.2 Å². The number of nitrogens with one attached hydrogen (secondary N) is 1. The van der Waals surface area contributed by atoms with Gasteiger partial charge in [0.1, 0.15) is 5.75 Å². The zero-order valence-electron chi connectivity index (χ0n) is 11.0. The van der Waals surface area contributed by atoms with Gasteiger partial charge in [0.2, 0.25) is 0 Å². The molecule has 2 nitrogen and oxygen atoms in total. The average Bonchev–Trinajstić information content (AvgIpc) is 2.82. The summed E-state index contributed by atoms with van der Waals surface area (Å²) >= 11 is 0. The molecular formula is C15H23NO. The summed E-state index contributed by atoms with van der Waals surface area (Å²) in [5.41, 5.74) is 2.74. The van der Waals surface area contributed by atoms with Crippen molar-refractivity contribution in [3.63, 3.8) is 0 Å². The van der Waals surface area contributed by atoms with Gasteiger partial charge < -0.3 is 10.1 Å². The van der Waals surface area contributed by atoms with Gasteiger partial charge in [0.25, 0.3) is 0 Å². The second kappa shape index (κ2) is 6.06. The smallest absolute Gasteiger partial charge is 0.122 e. The van der Waals surface area contributed by atoms with Gasteiger partial charge in [-0.25, -0.2) is 0 Å². The zero-order valence-corrected chi connectivity index (χ0v) is 11.0. The zero-order chi connectivity index (χ0) is 12.1. The Morgan fingerprint density at radius 3 is 2.88 bits per heavy atom. The quantitative estimate of drug-likeness (QED) is 0.815. The van der Waals surface area contributed by atoms with Gasteiger partial charge in [-0.15, -0.1) is 0 Å². The Hall–Kier alpha value is -1.02. The fourth-order valence-electron chi connectivity index (χ4n) is 2.35. The summed E-state index contributed by atoms with van der Waals surface area (Å²) in [5.74, 6) is 1.89. The Balaban J connectivity index is 1.83. The summed E-state index contributed by atoms with van der Waals surface area (Å²) in [6.07, 6.45) is 3.60. The molecule has 0 atom stereocenters. The van der Waals surface area contributed by atoms with E-state index < -0.39 is 0 Å². The first-order chi connectivity index (χ1) is 8.33. The van der Waals surface area contributed by atoms with Gasteiger partial charge in [-0.1, -0.05) is 38.8 Å². The van der Waals surface area contributed by atoms with Crippen LogP contribution in [0.25, 0.3) is 0 Å². The molecule has 1 aromatic rings. The van der Waals surface area contributed by atoms with E-state index in [1.54, 1.807) is 0 Å². The highest BCUT2D eigenvalue weighted by Crippen LogP contribution is 2.25. The molecule has 1 N–H and O–H groups in total. The molecule has 1 aromatic carbocycles. The van der Waals surface area contributed by atoms with Crippen molar-refractivity contribution in [3.05, 3.63) is 29.3 Å². The van der Waals surface area contributed by atoms with Crippen molar-refractivity contribution in [1.29, 1.82) is 0 Å². The van der Waals surface area contributed by atoms with E-state index in [0.717, 1.165) is 37.8 Å². The van der Waals surface area contributed by atoms with E-state index in [1.165, 1.54) is 24.0 Å². The fraction of sp³-hybridized carbons (Fsp3) is 0.600. The Bertz CT molecular complexity index is 358. The first-order valence-corrected chi connectivity index (χ1v) is 6.78. The van der Waals surface area contributed by atoms with E-state index in [0.29, 0.717) is 0 Å². The predicted molar refractivity (Wildman–Crippen MR) is 71.4 cm³/mol. The molecule has 0 bridgehead atoms. The third-order valence-electron chi connectivity index (χ3n) is 3.67. The number of hydrogen-bond donors (Lipinski definition) is 1. The van der Waals surface area contributed by atoms with Crippen LogP contribution in [0.2, 0.25) is 0 Å². The lowest BCUT2D eigenvalue weighted by Gasteiger charge is -2.13. The Kier molecular flexibility index (Phi) is 4.43. The van der Waals surface area contributed by atoms with Crippen molar-refractivity contribution in [1.82, 2.24) is 5.32 Å². The minimum absolute atomic E-state index is 0.813. The molecule has 0 saturated heterocycles. The molecule has 0 aliphatic carbocycles. The Morgan fingerprint density at radius 2 is 2.12 bits per heavy atom. The topological polar surface area (TPSA) is 21.3 Å². The maximum absolute atomic E-state index is 5.51. The van der Waals surface area contributed by atoms with Crippen LogP contribution < -0.4 is 10.1 Å². The van der Waals surface area contributed by atoms with Crippen LogP contribution in [-0.4, -0.2) is 13.2 Å². The van der Waals surface area contributed by atoms with Gasteiger partial charge in [-0.2, -0.15) is 0 Å². The molecule has 1 aliphatic rings. The van der Waals surface area contributed by atoms with Crippen LogP contribution in [-0.2, 0) is 13.0 Å². The average molecular weight is 233 g/mol. The van der Waals surface area contributed by atoms with E-state index in [2.05, 4.69) is 37.4 Å². The van der Waals surface area contributed by atoms with Gasteiger partial charge in [-0.05, 0) is 29.7 Å². The fourth-order valence-corrected chi connectivity index (χ4v) is 2.35. The van der Waals surface area contributed by atoms with E-state index >= 15 is 0 Å². The lowest BCUT2D eigenvalue weighted by Crippen LogP contribution is -2.21. The van der Waals surface area contributed by atoms with Crippen molar-refractivity contribution in [3.8, 4) is 5.75 Å². The first kappa shape index (κ1) is 12.4. The molecule has 1 heterocycles. The van der Waals surface area contributed by atoms with Gasteiger partial charge >= 0.3 is 0 Å². The highest BCUT2D eigenvalue weighted by atomic mass is 16.5. The second-order valence-electron chi connectivity index (χ2n) is 4.85. The lowest BCUT2D eigenvalue weighted by molar-refractivity contribution is 0.357. The Labute approximate surface area is 104 Å². The summed E-state index contributed by atoms with van der Waals surface area (Å²) < 4.78 is 5.51. The van der Waals surface area contributed by atoms with Crippen LogP contribution in [0.4, 0.5) is 0 Å². The third-order valence-corrected chi connectivity index (χ3v) is 3.67. The molecule has 0 radical (unpaired) electrons. The van der Waals surface area contributed by atoms with E-state index in [9.17, 15) is 0 Å². The molecule has 2 rings (SSSR count). The Morgan fingerprint density at radius 1 is 1.29 bits per heavy atom. The van der Waals surface area contributed by atoms with Crippen LogP contribution in [0.1, 0.15) is 37.8 Å². The monoisotopic (exact) mass is 233 g/mol. The summed E-state index contributed by atoms with van der Waals surface area (Å²) in [6.45, 7) is 7.48. The summed E-state index contributed by atoms with van der Waals surface area (Å²) in [5, 5.41) is 3.55. The standard InChI is InChI=1S/C15H23NO/c1-3-12(4-2)10-16-11-13-5-6-15-14(9-13)7-8-17-15/h5-6,9,12,16H,3-4,7-8,10-11H2,1-2H3. The molecule has 0 saturated carbocycles. The number of benzene rings is 1. The number of rotatable bonds is 6. The highest BCUT2D eigenvalue weighted by Gasteiger charge is 2.11. The maximum Gasteiger partial charge on any atom is 0.122 e. The molecule has 0 aromatic heterocycles. The number of ether oxygens (including phenoxy) is 1. The van der Waals surface area contributed by atoms with Gasteiger partial charge in [0.15, 0.2) is 0 Å². The third kappa shape index (κ3) is 3.22. The summed E-state index contributed by atoms with van der Waals surface area (Å²) in [7, 11) is 0. The molecule has 0 spiro atoms. The van der Waals surface area contributed by atoms with Gasteiger partial charge in [-0.3, -0.25) is 0 Å². The molecular weight excluding hydrogens is 210 g/mol. The predicted octanol–water partition coefficient (Wildman–Crippen LogP) is 3.15. The second-order valence-corrected chi connectivity index (χ2v) is 4.85. The SMILES string of the molecule is CCC(CC)CNCc1ccc2c(c1)CCO2. The van der Waals surface area contributed by atoms with Crippen molar-refractivity contribution >= 4 is 0 Å². The number of fused-ring (bicyclic) bond motifs is 1. The largest absolute Gasteiger partial charge is 0.493 e. The van der Waals surface area contributed by atoms with Crippen LogP contribution in [0.15, 0.2) is 18.2 Å². The van der Waals surface area contributed by atoms with E-state index in [4.69, 9.17) is 4.74 Å². The minimum Gasteiger partial charge on any atom is -0.493 e. The molecule has 2 heteroatoms. The normalized spacial score (nSPS) is 13.8.